The van der Waals surface area contributed by atoms with Crippen molar-refractivity contribution in [3.8, 4) is 0 Å². The van der Waals surface area contributed by atoms with E-state index in [1.165, 1.54) is 0 Å². The van der Waals surface area contributed by atoms with Crippen molar-refractivity contribution in [3.05, 3.63) is 0 Å². The minimum atomic E-state index is -4.46. The molecule has 10 atom stereocenters. The maximum Gasteiger partial charge on any atom is 0.397 e. The lowest BCUT2D eigenvalue weighted by Crippen LogP contribution is -2.58. The van der Waals surface area contributed by atoms with Crippen LogP contribution in [0, 0.1) is 46.3 Å². The summed E-state index contributed by atoms with van der Waals surface area (Å²) in [5, 5.41) is 20.5. The molecule has 8 heteroatoms. The number of carboxylic acid groups (broad SMARTS) is 1. The summed E-state index contributed by atoms with van der Waals surface area (Å²) in [7, 11) is -4.46. The lowest BCUT2D eigenvalue weighted by molar-refractivity contribution is -0.172. The Morgan fingerprint density at radius 1 is 1.06 bits per heavy atom. The normalized spacial score (nSPS) is 47.2. The van der Waals surface area contributed by atoms with Crippen LogP contribution >= 0.6 is 0 Å². The molecule has 0 bridgehead atoms. The second-order valence-corrected chi connectivity index (χ2v) is 12.9. The number of aliphatic hydroxyl groups excluding tert-OH is 1. The van der Waals surface area contributed by atoms with Gasteiger partial charge in [-0.3, -0.25) is 9.35 Å². The Hall–Kier alpha value is -0.700. The summed E-state index contributed by atoms with van der Waals surface area (Å²) >= 11 is 0. The zero-order chi connectivity index (χ0) is 23.5. The van der Waals surface area contributed by atoms with E-state index in [1.54, 1.807) is 0 Å². The molecule has 0 heterocycles. The molecule has 0 aromatic carbocycles. The fraction of sp³-hybridized carbons (Fsp3) is 0.958. The molecule has 0 spiro atoms. The van der Waals surface area contributed by atoms with Gasteiger partial charge in [-0.2, -0.15) is 8.42 Å². The van der Waals surface area contributed by atoms with E-state index in [0.717, 1.165) is 32.1 Å². The first-order chi connectivity index (χ1) is 14.8. The summed E-state index contributed by atoms with van der Waals surface area (Å²) in [4.78, 5) is 11.1. The van der Waals surface area contributed by atoms with Crippen LogP contribution in [0.1, 0.15) is 85.0 Å². The van der Waals surface area contributed by atoms with Gasteiger partial charge < -0.3 is 10.2 Å². The molecule has 4 fully saturated rings. The van der Waals surface area contributed by atoms with Crippen LogP contribution in [0.3, 0.4) is 0 Å². The van der Waals surface area contributed by atoms with Gasteiger partial charge in [-0.15, -0.1) is 0 Å². The maximum absolute atomic E-state index is 11.4. The van der Waals surface area contributed by atoms with Crippen LogP contribution in [-0.4, -0.2) is 41.4 Å². The average Bonchev–Trinajstić information content (AvgIpc) is 3.03. The summed E-state index contributed by atoms with van der Waals surface area (Å²) < 4.78 is 36.4. The quantitative estimate of drug-likeness (QED) is 0.493. The highest BCUT2D eigenvalue weighted by molar-refractivity contribution is 7.80. The number of aliphatic carboxylic acids is 1. The van der Waals surface area contributed by atoms with Gasteiger partial charge in [-0.25, -0.2) is 4.18 Å². The highest BCUT2D eigenvalue weighted by Crippen LogP contribution is 2.68. The third-order valence-corrected chi connectivity index (χ3v) is 11.0. The Bertz CT molecular complexity index is 828. The third-order valence-electron chi connectivity index (χ3n) is 10.5. The SMILES string of the molecule is CC(CCC(=O)O)C1CCC2C3C(O)CC4CC(OS(=O)(=O)O)CC[C@]4(C)C3CC[C@]12C. The predicted octanol–water partition coefficient (Wildman–Crippen LogP) is 4.31. The third kappa shape index (κ3) is 4.25. The largest absolute Gasteiger partial charge is 0.481 e. The van der Waals surface area contributed by atoms with Crippen molar-refractivity contribution >= 4 is 16.4 Å². The van der Waals surface area contributed by atoms with Crippen molar-refractivity contribution in [1.82, 2.24) is 0 Å². The molecule has 0 radical (unpaired) electrons. The zero-order valence-corrected chi connectivity index (χ0v) is 20.4. The number of carboxylic acids is 1. The number of aliphatic hydroxyl groups is 1. The smallest absolute Gasteiger partial charge is 0.397 e. The van der Waals surface area contributed by atoms with Gasteiger partial charge in [-0.1, -0.05) is 20.8 Å². The maximum atomic E-state index is 11.4. The minimum absolute atomic E-state index is 0.0529. The van der Waals surface area contributed by atoms with Gasteiger partial charge in [0.2, 0.25) is 0 Å². The van der Waals surface area contributed by atoms with Crippen molar-refractivity contribution < 1.29 is 32.2 Å². The molecular weight excluding hydrogens is 432 g/mol. The number of hydrogen-bond acceptors (Lipinski definition) is 5. The van der Waals surface area contributed by atoms with Gasteiger partial charge in [0, 0.05) is 6.42 Å². The van der Waals surface area contributed by atoms with Crippen LogP contribution in [0.2, 0.25) is 0 Å². The van der Waals surface area contributed by atoms with E-state index in [-0.39, 0.29) is 29.1 Å². The number of rotatable bonds is 6. The first-order valence-corrected chi connectivity index (χ1v) is 13.8. The highest BCUT2D eigenvalue weighted by atomic mass is 32.3. The van der Waals surface area contributed by atoms with E-state index in [9.17, 15) is 18.3 Å². The first kappa shape index (κ1) is 24.4. The van der Waals surface area contributed by atoms with Crippen molar-refractivity contribution in [2.24, 2.45) is 46.3 Å². The summed E-state index contributed by atoms with van der Waals surface area (Å²) in [6, 6.07) is 0. The molecule has 0 saturated heterocycles. The van der Waals surface area contributed by atoms with Crippen LogP contribution < -0.4 is 0 Å². The Balaban J connectivity index is 1.52. The summed E-state index contributed by atoms with van der Waals surface area (Å²) in [5.74, 6) is 1.46. The molecule has 0 aliphatic heterocycles. The predicted molar refractivity (Wildman–Crippen MR) is 119 cm³/mol. The van der Waals surface area contributed by atoms with Gasteiger partial charge in [0.15, 0.2) is 0 Å². The molecule has 184 valence electrons. The summed E-state index contributed by atoms with van der Waals surface area (Å²) in [6.07, 6.45) is 7.11. The number of hydrogen-bond donors (Lipinski definition) is 3. The minimum Gasteiger partial charge on any atom is -0.481 e. The fourth-order valence-electron chi connectivity index (χ4n) is 8.97. The van der Waals surface area contributed by atoms with Gasteiger partial charge in [0.05, 0.1) is 12.2 Å². The van der Waals surface area contributed by atoms with Crippen molar-refractivity contribution in [2.45, 2.75) is 97.2 Å². The van der Waals surface area contributed by atoms with Crippen LogP contribution in [-0.2, 0) is 19.4 Å². The lowest BCUT2D eigenvalue weighted by atomic mass is 9.43. The van der Waals surface area contributed by atoms with Gasteiger partial charge in [-0.05, 0) is 104 Å². The molecular formula is C24H40O7S. The zero-order valence-electron chi connectivity index (χ0n) is 19.6. The van der Waals surface area contributed by atoms with Crippen LogP contribution in [0.15, 0.2) is 0 Å². The van der Waals surface area contributed by atoms with Crippen molar-refractivity contribution in [1.29, 1.82) is 0 Å². The molecule has 4 rings (SSSR count). The van der Waals surface area contributed by atoms with Gasteiger partial charge in [0.1, 0.15) is 0 Å². The topological polar surface area (TPSA) is 121 Å². The van der Waals surface area contributed by atoms with Crippen LogP contribution in [0.5, 0.6) is 0 Å². The molecule has 4 saturated carbocycles. The van der Waals surface area contributed by atoms with Crippen LogP contribution in [0.4, 0.5) is 0 Å². The van der Waals surface area contributed by atoms with E-state index in [4.69, 9.17) is 13.8 Å². The lowest BCUT2D eigenvalue weighted by Gasteiger charge is -2.62. The van der Waals surface area contributed by atoms with Gasteiger partial charge >= 0.3 is 16.4 Å². The molecule has 8 unspecified atom stereocenters. The molecule has 0 amide bonds. The van der Waals surface area contributed by atoms with E-state index in [1.807, 2.05) is 0 Å². The van der Waals surface area contributed by atoms with E-state index in [0.29, 0.717) is 49.4 Å². The molecule has 0 aromatic rings. The van der Waals surface area contributed by atoms with Crippen molar-refractivity contribution in [3.63, 3.8) is 0 Å². The molecule has 4 aliphatic rings. The molecule has 7 nitrogen and oxygen atoms in total. The van der Waals surface area contributed by atoms with Gasteiger partial charge in [0.25, 0.3) is 0 Å². The second-order valence-electron chi connectivity index (χ2n) is 11.9. The second kappa shape index (κ2) is 8.51. The fourth-order valence-corrected chi connectivity index (χ4v) is 9.49. The Morgan fingerprint density at radius 2 is 1.72 bits per heavy atom. The van der Waals surface area contributed by atoms with Crippen molar-refractivity contribution in [2.75, 3.05) is 0 Å². The van der Waals surface area contributed by atoms with E-state index >= 15 is 0 Å². The Morgan fingerprint density at radius 3 is 2.38 bits per heavy atom. The molecule has 0 aromatic heterocycles. The Labute approximate surface area is 192 Å². The monoisotopic (exact) mass is 472 g/mol. The van der Waals surface area contributed by atoms with E-state index in [2.05, 4.69) is 20.8 Å². The Kier molecular flexibility index (Phi) is 6.49. The van der Waals surface area contributed by atoms with Crippen LogP contribution in [0.25, 0.3) is 0 Å². The first-order valence-electron chi connectivity index (χ1n) is 12.4. The van der Waals surface area contributed by atoms with E-state index < -0.39 is 28.6 Å². The average molecular weight is 473 g/mol. The summed E-state index contributed by atoms with van der Waals surface area (Å²) in [6.45, 7) is 6.93. The number of fused-ring (bicyclic) bond motifs is 5. The standard InChI is InChI=1S/C24H40O7S/c1-14(4-7-21(26)27)17-5-6-18-22-19(9-11-24(17,18)3)23(2)10-8-16(31-32(28,29)30)12-15(23)13-20(22)25/h14-20,22,25H,4-13H2,1-3H3,(H,26,27)(H,28,29,30)/t14?,15?,16?,17?,18?,19?,20?,22?,23-,24+/m0/s1. The highest BCUT2D eigenvalue weighted by Gasteiger charge is 2.63. The molecule has 4 aliphatic carbocycles. The number of carbonyl (C=O) groups is 1. The molecule has 32 heavy (non-hydrogen) atoms. The molecule has 3 N–H and O–H groups in total. The summed E-state index contributed by atoms with van der Waals surface area (Å²) in [5.41, 5.74) is 0.200.